The van der Waals surface area contributed by atoms with E-state index in [0.29, 0.717) is 18.7 Å². The quantitative estimate of drug-likeness (QED) is 0.902. The van der Waals surface area contributed by atoms with E-state index in [1.807, 2.05) is 12.1 Å². The van der Waals surface area contributed by atoms with Crippen molar-refractivity contribution in [3.05, 3.63) is 34.9 Å². The molecular formula is C17H27ClN2O. The largest absolute Gasteiger partial charge is 0.378 e. The van der Waals surface area contributed by atoms with Gasteiger partial charge in [-0.2, -0.15) is 0 Å². The number of hydrogen-bond acceptors (Lipinski definition) is 3. The minimum Gasteiger partial charge on any atom is -0.378 e. The van der Waals surface area contributed by atoms with Gasteiger partial charge in [0.05, 0.1) is 6.10 Å². The number of benzene rings is 1. The van der Waals surface area contributed by atoms with E-state index in [-0.39, 0.29) is 5.54 Å². The van der Waals surface area contributed by atoms with Gasteiger partial charge in [0.1, 0.15) is 0 Å². The number of ether oxygens (including phenoxy) is 1. The number of hydrogen-bond donors (Lipinski definition) is 1. The zero-order valence-corrected chi connectivity index (χ0v) is 14.1. The standard InChI is InChI=1S/C17H27ClN2O/c1-4-16-11-17(12-19,9-10-21-16)20(3)13(2)14-5-7-15(18)8-6-14/h5-8,13,16H,4,9-12,19H2,1-3H3. The van der Waals surface area contributed by atoms with Crippen LogP contribution >= 0.6 is 11.6 Å². The average molecular weight is 311 g/mol. The molecule has 2 rings (SSSR count). The highest BCUT2D eigenvalue weighted by atomic mass is 35.5. The Morgan fingerprint density at radius 3 is 2.67 bits per heavy atom. The van der Waals surface area contributed by atoms with Crippen LogP contribution in [0, 0.1) is 0 Å². The van der Waals surface area contributed by atoms with E-state index in [2.05, 4.69) is 37.9 Å². The van der Waals surface area contributed by atoms with Crippen LogP contribution < -0.4 is 5.73 Å². The number of nitrogens with zero attached hydrogens (tertiary/aromatic N) is 1. The van der Waals surface area contributed by atoms with E-state index >= 15 is 0 Å². The zero-order chi connectivity index (χ0) is 15.5. The summed E-state index contributed by atoms with van der Waals surface area (Å²) >= 11 is 5.99. The van der Waals surface area contributed by atoms with Gasteiger partial charge in [0.25, 0.3) is 0 Å². The summed E-state index contributed by atoms with van der Waals surface area (Å²) in [5, 5.41) is 0.777. The molecule has 0 spiro atoms. The Balaban J connectivity index is 2.18. The maximum absolute atomic E-state index is 6.18. The molecule has 0 aromatic heterocycles. The molecule has 1 saturated heterocycles. The van der Waals surface area contributed by atoms with Gasteiger partial charge in [0, 0.05) is 29.8 Å². The second-order valence-corrected chi connectivity index (χ2v) is 6.56. The monoisotopic (exact) mass is 310 g/mol. The Kier molecular flexibility index (Phi) is 5.67. The second kappa shape index (κ2) is 7.10. The van der Waals surface area contributed by atoms with Crippen LogP contribution in [0.4, 0.5) is 0 Å². The highest BCUT2D eigenvalue weighted by molar-refractivity contribution is 6.30. The van der Waals surface area contributed by atoms with E-state index in [1.165, 1.54) is 5.56 Å². The third-order valence-electron chi connectivity index (χ3n) is 5.05. The zero-order valence-electron chi connectivity index (χ0n) is 13.3. The molecule has 4 heteroatoms. The van der Waals surface area contributed by atoms with Gasteiger partial charge in [-0.05, 0) is 50.9 Å². The number of likely N-dealkylation sites (N-methyl/N-ethyl adjacent to an activating group) is 1. The molecule has 1 aliphatic rings. The highest BCUT2D eigenvalue weighted by Gasteiger charge is 2.40. The molecule has 3 nitrogen and oxygen atoms in total. The van der Waals surface area contributed by atoms with Gasteiger partial charge in [-0.1, -0.05) is 30.7 Å². The van der Waals surface area contributed by atoms with Crippen molar-refractivity contribution >= 4 is 11.6 Å². The molecule has 1 aliphatic heterocycles. The predicted molar refractivity (Wildman–Crippen MR) is 88.7 cm³/mol. The van der Waals surface area contributed by atoms with Gasteiger partial charge in [0.2, 0.25) is 0 Å². The van der Waals surface area contributed by atoms with E-state index in [9.17, 15) is 0 Å². The normalized spacial score (nSPS) is 27.8. The molecule has 118 valence electrons. The molecule has 0 radical (unpaired) electrons. The molecule has 1 aromatic carbocycles. The van der Waals surface area contributed by atoms with Gasteiger partial charge in [-0.25, -0.2) is 0 Å². The second-order valence-electron chi connectivity index (χ2n) is 6.12. The summed E-state index contributed by atoms with van der Waals surface area (Å²) in [5.41, 5.74) is 7.48. The third-order valence-corrected chi connectivity index (χ3v) is 5.30. The van der Waals surface area contributed by atoms with Crippen molar-refractivity contribution in [3.63, 3.8) is 0 Å². The Hall–Kier alpha value is -0.610. The van der Waals surface area contributed by atoms with Gasteiger partial charge in [-0.15, -0.1) is 0 Å². The SMILES string of the molecule is CCC1CC(CN)(N(C)C(C)c2ccc(Cl)cc2)CCO1. The van der Waals surface area contributed by atoms with Crippen molar-refractivity contribution in [3.8, 4) is 0 Å². The summed E-state index contributed by atoms with van der Waals surface area (Å²) in [6, 6.07) is 8.42. The van der Waals surface area contributed by atoms with Crippen LogP contribution in [0.15, 0.2) is 24.3 Å². The molecule has 21 heavy (non-hydrogen) atoms. The van der Waals surface area contributed by atoms with Crippen molar-refractivity contribution in [1.82, 2.24) is 4.90 Å². The lowest BCUT2D eigenvalue weighted by Crippen LogP contribution is -2.57. The summed E-state index contributed by atoms with van der Waals surface area (Å²) < 4.78 is 5.84. The van der Waals surface area contributed by atoms with Gasteiger partial charge >= 0.3 is 0 Å². The Labute approximate surface area is 133 Å². The van der Waals surface area contributed by atoms with E-state index in [0.717, 1.165) is 30.9 Å². The van der Waals surface area contributed by atoms with Crippen LogP contribution in [-0.2, 0) is 4.74 Å². The molecule has 3 atom stereocenters. The first-order valence-corrected chi connectivity index (χ1v) is 8.20. The van der Waals surface area contributed by atoms with Crippen LogP contribution in [0.1, 0.15) is 44.7 Å². The minimum absolute atomic E-state index is 0.0258. The lowest BCUT2D eigenvalue weighted by Gasteiger charge is -2.49. The van der Waals surface area contributed by atoms with Gasteiger partial charge in [0.15, 0.2) is 0 Å². The van der Waals surface area contributed by atoms with E-state index in [4.69, 9.17) is 22.1 Å². The first-order chi connectivity index (χ1) is 10.0. The Bertz CT molecular complexity index is 451. The molecule has 1 aromatic rings. The minimum atomic E-state index is 0.0258. The van der Waals surface area contributed by atoms with Gasteiger partial charge in [-0.3, -0.25) is 4.90 Å². The highest BCUT2D eigenvalue weighted by Crippen LogP contribution is 2.36. The summed E-state index contributed by atoms with van der Waals surface area (Å²) in [6.07, 6.45) is 3.37. The molecule has 1 fully saturated rings. The Morgan fingerprint density at radius 1 is 1.43 bits per heavy atom. The van der Waals surface area contributed by atoms with Crippen molar-refractivity contribution in [2.75, 3.05) is 20.2 Å². The number of rotatable bonds is 5. The van der Waals surface area contributed by atoms with Crippen LogP contribution in [0.25, 0.3) is 0 Å². The fourth-order valence-corrected chi connectivity index (χ4v) is 3.41. The van der Waals surface area contributed by atoms with E-state index in [1.54, 1.807) is 0 Å². The molecule has 2 N–H and O–H groups in total. The lowest BCUT2D eigenvalue weighted by molar-refractivity contribution is -0.0747. The summed E-state index contributed by atoms with van der Waals surface area (Å²) in [5.74, 6) is 0. The number of nitrogens with two attached hydrogens (primary N) is 1. The predicted octanol–water partition coefficient (Wildman–Crippen LogP) is 3.62. The summed E-state index contributed by atoms with van der Waals surface area (Å²) in [4.78, 5) is 2.43. The maximum Gasteiger partial charge on any atom is 0.0590 e. The van der Waals surface area contributed by atoms with Crippen molar-refractivity contribution in [1.29, 1.82) is 0 Å². The number of halogens is 1. The third kappa shape index (κ3) is 3.59. The van der Waals surface area contributed by atoms with Crippen LogP contribution in [0.5, 0.6) is 0 Å². The molecule has 1 heterocycles. The average Bonchev–Trinajstić information content (AvgIpc) is 2.54. The molecule has 0 bridgehead atoms. The van der Waals surface area contributed by atoms with Gasteiger partial charge < -0.3 is 10.5 Å². The molecule has 0 amide bonds. The topological polar surface area (TPSA) is 38.5 Å². The first kappa shape index (κ1) is 16.8. The van der Waals surface area contributed by atoms with Crippen LogP contribution in [-0.4, -0.2) is 36.7 Å². The van der Waals surface area contributed by atoms with Crippen LogP contribution in [0.2, 0.25) is 5.02 Å². The first-order valence-electron chi connectivity index (χ1n) is 7.82. The van der Waals surface area contributed by atoms with Crippen molar-refractivity contribution in [2.45, 2.75) is 50.8 Å². The van der Waals surface area contributed by atoms with E-state index < -0.39 is 0 Å². The molecule has 0 saturated carbocycles. The fraction of sp³-hybridized carbons (Fsp3) is 0.647. The molecule has 0 aliphatic carbocycles. The van der Waals surface area contributed by atoms with Crippen molar-refractivity contribution < 1.29 is 4.74 Å². The lowest BCUT2D eigenvalue weighted by atomic mass is 9.83. The fourth-order valence-electron chi connectivity index (χ4n) is 3.29. The molecule has 3 unspecified atom stereocenters. The van der Waals surface area contributed by atoms with Crippen molar-refractivity contribution in [2.24, 2.45) is 5.73 Å². The maximum atomic E-state index is 6.18. The Morgan fingerprint density at radius 2 is 2.10 bits per heavy atom. The van der Waals surface area contributed by atoms with Crippen LogP contribution in [0.3, 0.4) is 0 Å². The summed E-state index contributed by atoms with van der Waals surface area (Å²) in [6.45, 7) is 5.88. The summed E-state index contributed by atoms with van der Waals surface area (Å²) in [7, 11) is 2.18. The molecular weight excluding hydrogens is 284 g/mol. The smallest absolute Gasteiger partial charge is 0.0590 e.